The van der Waals surface area contributed by atoms with Gasteiger partial charge in [0, 0.05) is 6.07 Å². The highest BCUT2D eigenvalue weighted by Gasteiger charge is 2.42. The predicted molar refractivity (Wildman–Crippen MR) is 95.3 cm³/mol. The second kappa shape index (κ2) is 8.25. The van der Waals surface area contributed by atoms with Crippen LogP contribution in [0.3, 0.4) is 0 Å². The smallest absolute Gasteiger partial charge is 0.434 e. The average Bonchev–Trinajstić information content (AvgIpc) is 3.20. The van der Waals surface area contributed by atoms with E-state index in [9.17, 15) is 28.1 Å². The lowest BCUT2D eigenvalue weighted by Gasteiger charge is -2.12. The molecular weight excluding hydrogens is 427 g/mol. The van der Waals surface area contributed by atoms with Crippen LogP contribution >= 0.6 is 0 Å². The SMILES string of the molecule is COc1ccc(OC(=O)c2cnn(-c3ccc(OC)nn3)c2C(F)(F)F)c([N+](=O)[O-])c1. The molecule has 31 heavy (non-hydrogen) atoms. The van der Waals surface area contributed by atoms with E-state index < -0.39 is 39.8 Å². The van der Waals surface area contributed by atoms with Crippen molar-refractivity contribution in [3.05, 3.63) is 57.9 Å². The second-order valence-electron chi connectivity index (χ2n) is 5.73. The zero-order chi connectivity index (χ0) is 22.8. The zero-order valence-corrected chi connectivity index (χ0v) is 15.8. The fraction of sp³-hybridized carbons (Fsp3) is 0.176. The van der Waals surface area contributed by atoms with Gasteiger partial charge in [-0.15, -0.1) is 10.2 Å². The molecule has 0 atom stereocenters. The molecule has 11 nitrogen and oxygen atoms in total. The number of nitrogens with zero attached hydrogens (tertiary/aromatic N) is 5. The van der Waals surface area contributed by atoms with Gasteiger partial charge in [0.05, 0.1) is 31.4 Å². The highest BCUT2D eigenvalue weighted by molar-refractivity contribution is 5.93. The number of ether oxygens (including phenoxy) is 3. The number of methoxy groups -OCH3 is 2. The first-order chi connectivity index (χ1) is 14.7. The Balaban J connectivity index is 2.02. The summed E-state index contributed by atoms with van der Waals surface area (Å²) in [4.78, 5) is 22.8. The molecule has 0 saturated carbocycles. The molecule has 0 radical (unpaired) electrons. The molecule has 0 N–H and O–H groups in total. The number of aromatic nitrogens is 4. The maximum atomic E-state index is 13.7. The molecule has 0 unspecified atom stereocenters. The van der Waals surface area contributed by atoms with E-state index >= 15 is 0 Å². The lowest BCUT2D eigenvalue weighted by Crippen LogP contribution is -2.20. The summed E-state index contributed by atoms with van der Waals surface area (Å²) >= 11 is 0. The van der Waals surface area contributed by atoms with Crippen molar-refractivity contribution in [2.75, 3.05) is 14.2 Å². The topological polar surface area (TPSA) is 132 Å². The Bertz CT molecular complexity index is 1130. The number of hydrogen-bond acceptors (Lipinski definition) is 9. The quantitative estimate of drug-likeness (QED) is 0.246. The summed E-state index contributed by atoms with van der Waals surface area (Å²) in [6, 6.07) is 5.64. The Labute approximate surface area is 171 Å². The maximum absolute atomic E-state index is 13.7. The van der Waals surface area contributed by atoms with Crippen LogP contribution in [0.4, 0.5) is 18.9 Å². The summed E-state index contributed by atoms with van der Waals surface area (Å²) < 4.78 is 56.0. The molecule has 14 heteroatoms. The number of nitro groups is 1. The summed E-state index contributed by atoms with van der Waals surface area (Å²) in [6.07, 6.45) is -4.43. The van der Waals surface area contributed by atoms with E-state index in [1.165, 1.54) is 26.4 Å². The molecule has 0 spiro atoms. The number of carbonyl (C=O) groups excluding carboxylic acids is 1. The minimum atomic E-state index is -5.04. The van der Waals surface area contributed by atoms with Crippen molar-refractivity contribution in [2.24, 2.45) is 0 Å². The number of benzene rings is 1. The maximum Gasteiger partial charge on any atom is 0.434 e. The van der Waals surface area contributed by atoms with E-state index in [4.69, 9.17) is 14.2 Å². The van der Waals surface area contributed by atoms with E-state index in [0.29, 0.717) is 10.9 Å². The van der Waals surface area contributed by atoms with Crippen molar-refractivity contribution in [1.29, 1.82) is 0 Å². The van der Waals surface area contributed by atoms with Crippen molar-refractivity contribution >= 4 is 11.7 Å². The number of esters is 1. The number of hydrogen-bond donors (Lipinski definition) is 0. The minimum Gasteiger partial charge on any atom is -0.496 e. The summed E-state index contributed by atoms with van der Waals surface area (Å²) in [5.74, 6) is -2.28. The lowest BCUT2D eigenvalue weighted by atomic mass is 10.2. The van der Waals surface area contributed by atoms with E-state index in [1.54, 1.807) is 0 Å². The highest BCUT2D eigenvalue weighted by Crippen LogP contribution is 2.35. The van der Waals surface area contributed by atoms with Crippen molar-refractivity contribution in [1.82, 2.24) is 20.0 Å². The highest BCUT2D eigenvalue weighted by atomic mass is 19.4. The first-order valence-electron chi connectivity index (χ1n) is 8.23. The van der Waals surface area contributed by atoms with E-state index in [1.807, 2.05) is 0 Å². The minimum absolute atomic E-state index is 0.0518. The van der Waals surface area contributed by atoms with Gasteiger partial charge in [-0.3, -0.25) is 10.1 Å². The normalized spacial score (nSPS) is 11.1. The third-order valence-corrected chi connectivity index (χ3v) is 3.88. The second-order valence-corrected chi connectivity index (χ2v) is 5.73. The van der Waals surface area contributed by atoms with E-state index in [0.717, 1.165) is 18.2 Å². The van der Waals surface area contributed by atoms with Crippen LogP contribution in [0.5, 0.6) is 17.4 Å². The Hall–Kier alpha value is -4.23. The third-order valence-electron chi connectivity index (χ3n) is 3.88. The molecule has 2 aromatic heterocycles. The standard InChI is InChI=1S/C17H12F3N5O6/c1-29-9-3-4-12(11(7-9)25(27)28)31-16(26)10-8-21-24(15(10)17(18,19)20)13-5-6-14(30-2)23-22-13/h3-8H,1-2H3. The van der Waals surface area contributed by atoms with E-state index in [2.05, 4.69) is 15.3 Å². The van der Waals surface area contributed by atoms with Gasteiger partial charge in [0.2, 0.25) is 11.6 Å². The van der Waals surface area contributed by atoms with Crippen molar-refractivity contribution in [2.45, 2.75) is 6.18 Å². The number of carbonyl (C=O) groups is 1. The number of halogens is 3. The monoisotopic (exact) mass is 439 g/mol. The van der Waals surface area contributed by atoms with Crippen LogP contribution in [0, 0.1) is 10.1 Å². The zero-order valence-electron chi connectivity index (χ0n) is 15.8. The van der Waals surface area contributed by atoms with Gasteiger partial charge in [-0.25, -0.2) is 9.48 Å². The number of nitro benzene ring substituents is 1. The Kier molecular flexibility index (Phi) is 5.72. The molecule has 0 aliphatic heterocycles. The largest absolute Gasteiger partial charge is 0.496 e. The third kappa shape index (κ3) is 4.36. The molecule has 1 aromatic carbocycles. The van der Waals surface area contributed by atoms with Crippen LogP contribution in [0.15, 0.2) is 36.5 Å². The molecule has 0 saturated heterocycles. The molecule has 0 aliphatic rings. The van der Waals surface area contributed by atoms with Crippen LogP contribution < -0.4 is 14.2 Å². The predicted octanol–water partition coefficient (Wildman–Crippen LogP) is 2.83. The van der Waals surface area contributed by atoms with Gasteiger partial charge in [-0.2, -0.15) is 18.3 Å². The molecule has 3 rings (SSSR count). The summed E-state index contributed by atoms with van der Waals surface area (Å²) in [7, 11) is 2.56. The molecule has 0 fully saturated rings. The molecular formula is C17H12F3N5O6. The van der Waals surface area contributed by atoms with Gasteiger partial charge < -0.3 is 14.2 Å². The number of rotatable bonds is 6. The molecule has 0 amide bonds. The van der Waals surface area contributed by atoms with Gasteiger partial charge in [0.1, 0.15) is 11.3 Å². The molecule has 2 heterocycles. The van der Waals surface area contributed by atoms with E-state index in [-0.39, 0.29) is 17.4 Å². The molecule has 3 aromatic rings. The fourth-order valence-corrected chi connectivity index (χ4v) is 2.49. The van der Waals surface area contributed by atoms with Gasteiger partial charge in [-0.05, 0) is 18.2 Å². The Morgan fingerprint density at radius 3 is 2.42 bits per heavy atom. The Morgan fingerprint density at radius 1 is 1.13 bits per heavy atom. The first kappa shape index (κ1) is 21.5. The molecule has 0 aliphatic carbocycles. The van der Waals surface area contributed by atoms with Crippen molar-refractivity contribution in [3.8, 4) is 23.2 Å². The lowest BCUT2D eigenvalue weighted by molar-refractivity contribution is -0.385. The summed E-state index contributed by atoms with van der Waals surface area (Å²) in [5.41, 5.74) is -3.14. The van der Waals surface area contributed by atoms with Crippen LogP contribution in [0.2, 0.25) is 0 Å². The summed E-state index contributed by atoms with van der Waals surface area (Å²) in [6.45, 7) is 0. The van der Waals surface area contributed by atoms with Crippen molar-refractivity contribution in [3.63, 3.8) is 0 Å². The van der Waals surface area contributed by atoms with Crippen molar-refractivity contribution < 1.29 is 37.1 Å². The Morgan fingerprint density at radius 2 is 1.87 bits per heavy atom. The van der Waals surface area contributed by atoms with Gasteiger partial charge in [0.25, 0.3) is 0 Å². The summed E-state index contributed by atoms with van der Waals surface area (Å²) in [5, 5.41) is 21.9. The fourth-order valence-electron chi connectivity index (χ4n) is 2.49. The first-order valence-corrected chi connectivity index (χ1v) is 8.23. The van der Waals surface area contributed by atoms with Crippen LogP contribution in [0.1, 0.15) is 16.1 Å². The van der Waals surface area contributed by atoms with Gasteiger partial charge >= 0.3 is 17.8 Å². The molecule has 162 valence electrons. The van der Waals surface area contributed by atoms with Gasteiger partial charge in [0.15, 0.2) is 11.5 Å². The van der Waals surface area contributed by atoms with Crippen LogP contribution in [-0.2, 0) is 6.18 Å². The number of alkyl halides is 3. The van der Waals surface area contributed by atoms with Crippen LogP contribution in [0.25, 0.3) is 5.82 Å². The molecule has 0 bridgehead atoms. The average molecular weight is 439 g/mol. The van der Waals surface area contributed by atoms with Gasteiger partial charge in [-0.1, -0.05) is 0 Å². The van der Waals surface area contributed by atoms with Crippen LogP contribution in [-0.4, -0.2) is 45.1 Å².